The first-order chi connectivity index (χ1) is 20.7. The summed E-state index contributed by atoms with van der Waals surface area (Å²) in [5, 5.41) is 4.10. The van der Waals surface area contributed by atoms with Crippen LogP contribution in [0.1, 0.15) is 27.8 Å². The van der Waals surface area contributed by atoms with Gasteiger partial charge < -0.3 is 9.57 Å². The number of nitrogens with one attached hydrogen (secondary N) is 1. The number of hydroxylamine groups is 1. The van der Waals surface area contributed by atoms with Crippen LogP contribution in [0.4, 0.5) is 0 Å². The number of benzene rings is 4. The number of morpholine rings is 1. The van der Waals surface area contributed by atoms with Crippen molar-refractivity contribution in [3.8, 4) is 0 Å². The monoisotopic (exact) mass is 561 g/mol. The van der Waals surface area contributed by atoms with Gasteiger partial charge in [-0.15, -0.1) is 0 Å². The van der Waals surface area contributed by atoms with Crippen LogP contribution in [0.15, 0.2) is 126 Å². The fraction of sp³-hybridized carbons (Fsp3) is 0.200. The van der Waals surface area contributed by atoms with E-state index in [0.29, 0.717) is 6.61 Å². The molecular weight excluding hydrogens is 526 g/mol. The van der Waals surface area contributed by atoms with Crippen LogP contribution >= 0.6 is 0 Å². The number of carbonyl (C=O) groups is 1. The van der Waals surface area contributed by atoms with Gasteiger partial charge in [0.2, 0.25) is 0 Å². The van der Waals surface area contributed by atoms with Crippen LogP contribution in [0.25, 0.3) is 6.08 Å². The number of oxime groups is 1. The first-order valence-corrected chi connectivity index (χ1v) is 14.1. The second-order valence-corrected chi connectivity index (χ2v) is 9.87. The summed E-state index contributed by atoms with van der Waals surface area (Å²) in [7, 11) is 0. The summed E-state index contributed by atoms with van der Waals surface area (Å²) in [6.45, 7) is 4.72. The molecule has 0 atom stereocenters. The Morgan fingerprint density at radius 1 is 0.810 bits per heavy atom. The van der Waals surface area contributed by atoms with E-state index in [1.807, 2.05) is 115 Å². The van der Waals surface area contributed by atoms with Gasteiger partial charge in [-0.05, 0) is 40.0 Å². The molecule has 0 radical (unpaired) electrons. The van der Waals surface area contributed by atoms with Crippen molar-refractivity contribution in [3.05, 3.63) is 149 Å². The molecule has 42 heavy (non-hydrogen) atoms. The Labute approximate surface area is 247 Å². The highest BCUT2D eigenvalue weighted by Gasteiger charge is 2.38. The van der Waals surface area contributed by atoms with Gasteiger partial charge in [-0.2, -0.15) is 0 Å². The highest BCUT2D eigenvalue weighted by atomic mass is 16.7. The zero-order valence-corrected chi connectivity index (χ0v) is 23.5. The van der Waals surface area contributed by atoms with Crippen molar-refractivity contribution in [2.24, 2.45) is 5.16 Å². The van der Waals surface area contributed by atoms with Crippen LogP contribution in [-0.4, -0.2) is 56.5 Å². The largest absolute Gasteiger partial charge is 0.394 e. The number of hydrogen-bond acceptors (Lipinski definition) is 6. The van der Waals surface area contributed by atoms with Gasteiger partial charge in [0.15, 0.2) is 5.60 Å². The van der Waals surface area contributed by atoms with E-state index < -0.39 is 5.60 Å². The van der Waals surface area contributed by atoms with E-state index in [4.69, 9.17) is 14.4 Å². The van der Waals surface area contributed by atoms with E-state index in [-0.39, 0.29) is 5.91 Å². The van der Waals surface area contributed by atoms with Gasteiger partial charge in [-0.1, -0.05) is 114 Å². The molecule has 0 aromatic heterocycles. The van der Waals surface area contributed by atoms with Crippen LogP contribution in [0, 0.1) is 0 Å². The Kier molecular flexibility index (Phi) is 10.3. The van der Waals surface area contributed by atoms with E-state index in [1.54, 1.807) is 12.3 Å². The van der Waals surface area contributed by atoms with Crippen molar-refractivity contribution in [2.75, 3.05) is 39.5 Å². The molecule has 1 heterocycles. The maximum Gasteiger partial charge on any atom is 0.267 e. The van der Waals surface area contributed by atoms with Crippen molar-refractivity contribution in [3.63, 3.8) is 0 Å². The fourth-order valence-corrected chi connectivity index (χ4v) is 4.92. The topological polar surface area (TPSA) is 72.4 Å². The normalized spacial score (nSPS) is 14.3. The van der Waals surface area contributed by atoms with Crippen molar-refractivity contribution in [1.82, 2.24) is 10.4 Å². The lowest BCUT2D eigenvalue weighted by Crippen LogP contribution is -2.40. The molecule has 4 aromatic carbocycles. The third-order valence-electron chi connectivity index (χ3n) is 7.06. The molecule has 0 spiro atoms. The predicted molar refractivity (Wildman–Crippen MR) is 165 cm³/mol. The summed E-state index contributed by atoms with van der Waals surface area (Å²) in [5.41, 5.74) is 6.05. The highest BCUT2D eigenvalue weighted by molar-refractivity contribution is 5.91. The minimum Gasteiger partial charge on any atom is -0.394 e. The molecule has 1 amide bonds. The summed E-state index contributed by atoms with van der Waals surface area (Å²) in [6, 6.07) is 37.4. The lowest BCUT2D eigenvalue weighted by atomic mass is 9.80. The zero-order chi connectivity index (χ0) is 28.9. The first-order valence-electron chi connectivity index (χ1n) is 14.1. The van der Waals surface area contributed by atoms with E-state index in [0.717, 1.165) is 60.7 Å². The minimum atomic E-state index is -1.05. The van der Waals surface area contributed by atoms with Gasteiger partial charge in [-0.25, -0.2) is 5.48 Å². The van der Waals surface area contributed by atoms with Gasteiger partial charge in [0.05, 0.1) is 19.4 Å². The molecule has 7 nitrogen and oxygen atoms in total. The predicted octanol–water partition coefficient (Wildman–Crippen LogP) is 5.42. The second kappa shape index (κ2) is 14.9. The summed E-state index contributed by atoms with van der Waals surface area (Å²) in [5.74, 6) is -0.382. The van der Waals surface area contributed by atoms with Crippen LogP contribution in [-0.2, 0) is 24.8 Å². The Balaban J connectivity index is 1.25. The molecule has 1 aliphatic heterocycles. The van der Waals surface area contributed by atoms with Crippen molar-refractivity contribution in [2.45, 2.75) is 5.60 Å². The van der Waals surface area contributed by atoms with Gasteiger partial charge >= 0.3 is 0 Å². The van der Waals surface area contributed by atoms with Crippen molar-refractivity contribution >= 4 is 18.2 Å². The van der Waals surface area contributed by atoms with E-state index in [2.05, 4.69) is 15.5 Å². The molecule has 0 bridgehead atoms. The molecule has 1 saturated heterocycles. The molecule has 214 valence electrons. The Morgan fingerprint density at radius 2 is 1.38 bits per heavy atom. The zero-order valence-electron chi connectivity index (χ0n) is 23.5. The van der Waals surface area contributed by atoms with Crippen LogP contribution in [0.5, 0.6) is 0 Å². The van der Waals surface area contributed by atoms with E-state index >= 15 is 0 Å². The number of rotatable bonds is 12. The number of ether oxygens (including phenoxy) is 1. The Hall–Kier alpha value is -4.56. The van der Waals surface area contributed by atoms with Crippen molar-refractivity contribution < 1.29 is 19.2 Å². The van der Waals surface area contributed by atoms with Gasteiger partial charge in [0.25, 0.3) is 5.91 Å². The maximum absolute atomic E-state index is 13.0. The number of carbonyl (C=O) groups excluding carboxylic acids is 1. The molecule has 0 unspecified atom stereocenters. The smallest absolute Gasteiger partial charge is 0.267 e. The van der Waals surface area contributed by atoms with Gasteiger partial charge in [0, 0.05) is 25.7 Å². The van der Waals surface area contributed by atoms with Gasteiger partial charge in [-0.3, -0.25) is 14.5 Å². The Morgan fingerprint density at radius 3 is 1.98 bits per heavy atom. The van der Waals surface area contributed by atoms with E-state index in [9.17, 15) is 4.79 Å². The number of amides is 1. The molecular formula is C35H35N3O4. The summed E-state index contributed by atoms with van der Waals surface area (Å²) in [6.07, 6.45) is 4.87. The minimum absolute atomic E-state index is 0.382. The molecule has 0 saturated carbocycles. The summed E-state index contributed by atoms with van der Waals surface area (Å²) in [4.78, 5) is 27.2. The summed E-state index contributed by atoms with van der Waals surface area (Å²) >= 11 is 0. The molecule has 1 fully saturated rings. The number of hydrogen-bond donors (Lipinski definition) is 1. The van der Waals surface area contributed by atoms with E-state index in [1.165, 1.54) is 6.08 Å². The maximum atomic E-state index is 13.0. The highest BCUT2D eigenvalue weighted by Crippen LogP contribution is 2.39. The molecule has 1 N–H and O–H groups in total. The van der Waals surface area contributed by atoms with Crippen molar-refractivity contribution in [1.29, 1.82) is 0 Å². The molecule has 1 aliphatic rings. The molecule has 5 rings (SSSR count). The fourth-order valence-electron chi connectivity index (χ4n) is 4.92. The molecule has 0 aliphatic carbocycles. The third-order valence-corrected chi connectivity index (χ3v) is 7.06. The number of nitrogens with zero attached hydrogens (tertiary/aromatic N) is 2. The van der Waals surface area contributed by atoms with Gasteiger partial charge in [0.1, 0.15) is 6.61 Å². The van der Waals surface area contributed by atoms with Crippen LogP contribution in [0.2, 0.25) is 0 Å². The first kappa shape index (κ1) is 29.0. The molecule has 4 aromatic rings. The van der Waals surface area contributed by atoms with Crippen LogP contribution in [0.3, 0.4) is 0 Å². The average Bonchev–Trinajstić information content (AvgIpc) is 3.06. The third kappa shape index (κ3) is 7.59. The SMILES string of the molecule is O=C(/C=C/c1cccc(/C=N/OCCN2CCOCC2)c1)NOC(c1ccccc1)(c1ccccc1)c1ccccc1. The Bertz CT molecular complexity index is 1360. The lowest BCUT2D eigenvalue weighted by Gasteiger charge is -2.34. The quantitative estimate of drug-likeness (QED) is 0.0822. The average molecular weight is 562 g/mol. The lowest BCUT2D eigenvalue weighted by molar-refractivity contribution is -0.138. The standard InChI is InChI=1S/C35H35N3O4/c39-34(20-19-29-11-10-12-30(27-29)28-36-41-26-23-38-21-24-40-25-22-38)37-42-35(31-13-4-1-5-14-31,32-15-6-2-7-16-32)33-17-8-3-9-18-33/h1-20,27-28H,21-26H2,(H,37,39)/b20-19+,36-28+. The van der Waals surface area contributed by atoms with Crippen LogP contribution < -0.4 is 5.48 Å². The summed E-state index contributed by atoms with van der Waals surface area (Å²) < 4.78 is 5.36. The molecule has 7 heteroatoms. The second-order valence-electron chi connectivity index (χ2n) is 9.87.